The van der Waals surface area contributed by atoms with E-state index in [4.69, 9.17) is 14.6 Å². The number of aliphatic hydroxyl groups excluding tert-OH is 2. The molecule has 5 nitrogen and oxygen atoms in total. The Morgan fingerprint density at radius 2 is 1.54 bits per heavy atom. The Morgan fingerprint density at radius 1 is 1.00 bits per heavy atom. The van der Waals surface area contributed by atoms with Crippen LogP contribution in [0.3, 0.4) is 0 Å². The van der Waals surface area contributed by atoms with E-state index in [0.717, 1.165) is 32.1 Å². The Kier molecular flexibility index (Phi) is 10.4. The third kappa shape index (κ3) is 7.02. The van der Waals surface area contributed by atoms with E-state index in [1.165, 1.54) is 39.9 Å². The summed E-state index contributed by atoms with van der Waals surface area (Å²) in [5.74, 6) is 0.951. The lowest BCUT2D eigenvalue weighted by Crippen LogP contribution is -2.30. The molecule has 0 aromatic carbocycles. The largest absolute Gasteiger partial charge is 0.504 e. The number of ketones is 1. The quantitative estimate of drug-likeness (QED) is 0.431. The molecule has 0 amide bonds. The molecule has 0 fully saturated rings. The van der Waals surface area contributed by atoms with E-state index in [9.17, 15) is 9.90 Å². The molecule has 0 spiro atoms. The summed E-state index contributed by atoms with van der Waals surface area (Å²) in [6.07, 6.45) is 12.5. The number of Topliss-reactive ketones (excluding diaryl/α,β-unsaturated/α-hetero) is 1. The van der Waals surface area contributed by atoms with Crippen LogP contribution in [0, 0.1) is 5.41 Å². The monoisotopic (exact) mass is 368 g/mol. The Labute approximate surface area is 158 Å². The number of carbonyl (C=O) groups excluding carboxylic acids is 1. The van der Waals surface area contributed by atoms with Crippen LogP contribution in [0.15, 0.2) is 23.4 Å². The highest BCUT2D eigenvalue weighted by atomic mass is 16.5. The number of allylic oxidation sites excluding steroid dienone is 2. The molecule has 2 N–H and O–H groups in total. The van der Waals surface area contributed by atoms with Crippen molar-refractivity contribution >= 4 is 5.78 Å². The van der Waals surface area contributed by atoms with Gasteiger partial charge in [0.15, 0.2) is 11.5 Å². The number of hydrogen-bond acceptors (Lipinski definition) is 5. The van der Waals surface area contributed by atoms with Crippen LogP contribution in [-0.2, 0) is 14.3 Å². The SMILES string of the molecule is COC1=C(OC)C(O)=CC(C)(C(=O)CCCCCCCCCCCO)C1. The van der Waals surface area contributed by atoms with E-state index < -0.39 is 5.41 Å². The Morgan fingerprint density at radius 3 is 2.04 bits per heavy atom. The van der Waals surface area contributed by atoms with Crippen molar-refractivity contribution in [2.75, 3.05) is 20.8 Å². The van der Waals surface area contributed by atoms with Crippen molar-refractivity contribution < 1.29 is 24.5 Å². The van der Waals surface area contributed by atoms with Crippen LogP contribution in [0.4, 0.5) is 0 Å². The van der Waals surface area contributed by atoms with Crippen molar-refractivity contribution in [2.24, 2.45) is 5.41 Å². The van der Waals surface area contributed by atoms with Crippen molar-refractivity contribution in [3.63, 3.8) is 0 Å². The van der Waals surface area contributed by atoms with Gasteiger partial charge in [0.05, 0.1) is 19.6 Å². The lowest BCUT2D eigenvalue weighted by molar-refractivity contribution is -0.126. The highest BCUT2D eigenvalue weighted by Crippen LogP contribution is 2.39. The average Bonchev–Trinajstić information content (AvgIpc) is 2.62. The van der Waals surface area contributed by atoms with Crippen LogP contribution in [0.1, 0.15) is 77.6 Å². The van der Waals surface area contributed by atoms with Crippen LogP contribution in [-0.4, -0.2) is 36.8 Å². The summed E-state index contributed by atoms with van der Waals surface area (Å²) in [4.78, 5) is 12.7. The molecule has 1 aliphatic rings. The topological polar surface area (TPSA) is 76.0 Å². The number of hydrogen-bond donors (Lipinski definition) is 2. The lowest BCUT2D eigenvalue weighted by Gasteiger charge is -2.30. The zero-order chi connectivity index (χ0) is 19.4. The van der Waals surface area contributed by atoms with Gasteiger partial charge < -0.3 is 19.7 Å². The Balaban J connectivity index is 2.28. The first-order chi connectivity index (χ1) is 12.5. The van der Waals surface area contributed by atoms with Gasteiger partial charge in [-0.2, -0.15) is 0 Å². The zero-order valence-corrected chi connectivity index (χ0v) is 16.7. The fraction of sp³-hybridized carbons (Fsp3) is 0.762. The predicted molar refractivity (Wildman–Crippen MR) is 103 cm³/mol. The van der Waals surface area contributed by atoms with E-state index in [0.29, 0.717) is 31.0 Å². The number of carbonyl (C=O) groups is 1. The maximum atomic E-state index is 12.7. The molecule has 1 aliphatic carbocycles. The van der Waals surface area contributed by atoms with Crippen molar-refractivity contribution in [1.29, 1.82) is 0 Å². The third-order valence-electron chi connectivity index (χ3n) is 5.12. The van der Waals surface area contributed by atoms with Crippen LogP contribution in [0.5, 0.6) is 0 Å². The zero-order valence-electron chi connectivity index (χ0n) is 16.7. The molecule has 0 bridgehead atoms. The van der Waals surface area contributed by atoms with Crippen molar-refractivity contribution in [1.82, 2.24) is 0 Å². The lowest BCUT2D eigenvalue weighted by atomic mass is 9.76. The Hall–Kier alpha value is -1.49. The van der Waals surface area contributed by atoms with E-state index in [2.05, 4.69) is 0 Å². The van der Waals surface area contributed by atoms with Gasteiger partial charge in [-0.1, -0.05) is 44.9 Å². The molecule has 0 saturated carbocycles. The van der Waals surface area contributed by atoms with E-state index >= 15 is 0 Å². The van der Waals surface area contributed by atoms with Gasteiger partial charge in [0.1, 0.15) is 11.5 Å². The van der Waals surface area contributed by atoms with Crippen LogP contribution in [0.2, 0.25) is 0 Å². The minimum atomic E-state index is -0.732. The molecular formula is C21H36O5. The highest BCUT2D eigenvalue weighted by Gasteiger charge is 2.38. The van der Waals surface area contributed by atoms with Gasteiger partial charge in [0.2, 0.25) is 0 Å². The predicted octanol–water partition coefficient (Wildman–Crippen LogP) is 4.81. The van der Waals surface area contributed by atoms with Gasteiger partial charge >= 0.3 is 0 Å². The second kappa shape index (κ2) is 12.0. The fourth-order valence-corrected chi connectivity index (χ4v) is 3.46. The van der Waals surface area contributed by atoms with E-state index in [1.54, 1.807) is 6.08 Å². The van der Waals surface area contributed by atoms with Crippen LogP contribution >= 0.6 is 0 Å². The molecule has 0 heterocycles. The Bertz CT molecular complexity index is 495. The molecule has 150 valence electrons. The molecule has 0 saturated heterocycles. The molecule has 1 rings (SSSR count). The van der Waals surface area contributed by atoms with E-state index in [-0.39, 0.29) is 11.5 Å². The summed E-state index contributed by atoms with van der Waals surface area (Å²) in [5.41, 5.74) is -0.732. The summed E-state index contributed by atoms with van der Waals surface area (Å²) < 4.78 is 10.5. The number of methoxy groups -OCH3 is 2. The molecule has 0 aromatic heterocycles. The molecule has 1 unspecified atom stereocenters. The van der Waals surface area contributed by atoms with Crippen molar-refractivity contribution in [2.45, 2.75) is 77.6 Å². The minimum Gasteiger partial charge on any atom is -0.504 e. The second-order valence-electron chi connectivity index (χ2n) is 7.36. The van der Waals surface area contributed by atoms with Crippen molar-refractivity contribution in [3.8, 4) is 0 Å². The molecule has 5 heteroatoms. The summed E-state index contributed by atoms with van der Waals surface area (Å²) in [5, 5.41) is 18.9. The molecule has 26 heavy (non-hydrogen) atoms. The number of unbranched alkanes of at least 4 members (excludes halogenated alkanes) is 8. The van der Waals surface area contributed by atoms with Gasteiger partial charge in [-0.25, -0.2) is 0 Å². The smallest absolute Gasteiger partial charge is 0.198 e. The molecule has 1 atom stereocenters. The number of aliphatic hydroxyl groups is 2. The molecule has 0 radical (unpaired) electrons. The maximum absolute atomic E-state index is 12.7. The summed E-state index contributed by atoms with van der Waals surface area (Å²) in [6.45, 7) is 2.15. The standard InChI is InChI=1S/C21H36O5/c1-21(15-17(23)20(26-3)18(16-21)25-2)19(24)13-11-9-7-5-4-6-8-10-12-14-22/h15,22-23H,4-14,16H2,1-3H3. The molecule has 0 aliphatic heterocycles. The number of ether oxygens (including phenoxy) is 2. The first-order valence-corrected chi connectivity index (χ1v) is 9.86. The molecule has 0 aromatic rings. The summed E-state index contributed by atoms with van der Waals surface area (Å²) in [6, 6.07) is 0. The third-order valence-corrected chi connectivity index (χ3v) is 5.12. The van der Waals surface area contributed by atoms with Gasteiger partial charge in [0, 0.05) is 19.4 Å². The first-order valence-electron chi connectivity index (χ1n) is 9.86. The van der Waals surface area contributed by atoms with E-state index in [1.807, 2.05) is 6.92 Å². The van der Waals surface area contributed by atoms with Crippen LogP contribution in [0.25, 0.3) is 0 Å². The second-order valence-corrected chi connectivity index (χ2v) is 7.36. The highest BCUT2D eigenvalue weighted by molar-refractivity contribution is 5.87. The minimum absolute atomic E-state index is 0.0207. The van der Waals surface area contributed by atoms with Gasteiger partial charge in [0.25, 0.3) is 0 Å². The fourth-order valence-electron chi connectivity index (χ4n) is 3.46. The van der Waals surface area contributed by atoms with Gasteiger partial charge in [-0.05, 0) is 25.8 Å². The van der Waals surface area contributed by atoms with Gasteiger partial charge in [-0.3, -0.25) is 4.79 Å². The normalized spacial score (nSPS) is 20.1. The summed E-state index contributed by atoms with van der Waals surface area (Å²) in [7, 11) is 3.01. The first kappa shape index (κ1) is 22.6. The molecular weight excluding hydrogens is 332 g/mol. The summed E-state index contributed by atoms with van der Waals surface area (Å²) >= 11 is 0. The van der Waals surface area contributed by atoms with Crippen molar-refractivity contribution in [3.05, 3.63) is 23.4 Å². The van der Waals surface area contributed by atoms with Gasteiger partial charge in [-0.15, -0.1) is 0 Å². The van der Waals surface area contributed by atoms with Crippen LogP contribution < -0.4 is 0 Å². The maximum Gasteiger partial charge on any atom is 0.198 e. The average molecular weight is 369 g/mol. The number of rotatable bonds is 14.